The third-order valence-corrected chi connectivity index (χ3v) is 3.14. The molecule has 0 fully saturated rings. The lowest BCUT2D eigenvalue weighted by Crippen LogP contribution is -2.11. The van der Waals surface area contributed by atoms with E-state index in [4.69, 9.17) is 17.3 Å². The van der Waals surface area contributed by atoms with Crippen LogP contribution in [0.1, 0.15) is 24.9 Å². The molecule has 14 heavy (non-hydrogen) atoms. The Morgan fingerprint density at radius 1 is 1.64 bits per heavy atom. The van der Waals surface area contributed by atoms with Gasteiger partial charge >= 0.3 is 0 Å². The fraction of sp³-hybridized carbons (Fsp3) is 0.273. The molecule has 0 saturated heterocycles. The number of hydrogen-bond acceptors (Lipinski definition) is 1. The number of halogens is 2. The average Bonchev–Trinajstić information content (AvgIpc) is 2.08. The van der Waals surface area contributed by atoms with Gasteiger partial charge in [-0.15, -0.1) is 6.58 Å². The third kappa shape index (κ3) is 3.26. The minimum atomic E-state index is -0.00176. The normalized spacial score (nSPS) is 12.6. The summed E-state index contributed by atoms with van der Waals surface area (Å²) in [5.41, 5.74) is 8.23. The van der Waals surface area contributed by atoms with Crippen molar-refractivity contribution in [2.75, 3.05) is 0 Å². The molecule has 1 rings (SSSR count). The van der Waals surface area contributed by atoms with Gasteiger partial charge in [-0.25, -0.2) is 0 Å². The summed E-state index contributed by atoms with van der Waals surface area (Å²) in [6.45, 7) is 5.84. The van der Waals surface area contributed by atoms with Crippen molar-refractivity contribution in [2.45, 2.75) is 19.4 Å². The molecular weight excluding hydrogens is 308 g/mol. The predicted octanol–water partition coefficient (Wildman–Crippen LogP) is 3.91. The Balaban J connectivity index is 2.93. The number of hydrogen-bond donors (Lipinski definition) is 1. The van der Waals surface area contributed by atoms with E-state index in [9.17, 15) is 0 Å². The maximum atomic E-state index is 6.04. The first kappa shape index (κ1) is 12.0. The number of nitrogens with two attached hydrogens (primary N) is 1. The Morgan fingerprint density at radius 3 is 2.86 bits per heavy atom. The third-order valence-electron chi connectivity index (χ3n) is 1.93. The first-order valence-corrected chi connectivity index (χ1v) is 5.81. The summed E-state index contributed by atoms with van der Waals surface area (Å²) >= 11 is 8.19. The van der Waals surface area contributed by atoms with Crippen LogP contribution in [0.2, 0.25) is 5.02 Å². The van der Waals surface area contributed by atoms with E-state index in [1.165, 1.54) is 0 Å². The maximum absolute atomic E-state index is 6.04. The molecule has 0 bridgehead atoms. The van der Waals surface area contributed by atoms with Gasteiger partial charge in [-0.1, -0.05) is 17.2 Å². The van der Waals surface area contributed by atoms with Crippen LogP contribution in [0.4, 0.5) is 0 Å². The van der Waals surface area contributed by atoms with Crippen molar-refractivity contribution in [3.8, 4) is 0 Å². The molecule has 0 aliphatic carbocycles. The second-order valence-electron chi connectivity index (χ2n) is 3.43. The highest BCUT2D eigenvalue weighted by atomic mass is 127. The maximum Gasteiger partial charge on any atom is 0.0410 e. The van der Waals surface area contributed by atoms with Crippen molar-refractivity contribution in [1.82, 2.24) is 0 Å². The molecule has 0 radical (unpaired) electrons. The van der Waals surface area contributed by atoms with E-state index < -0.39 is 0 Å². The molecule has 0 heterocycles. The van der Waals surface area contributed by atoms with Gasteiger partial charge in [0.2, 0.25) is 0 Å². The standard InChI is InChI=1S/C11H13ClIN/c1-7(2)5-11(14)9-6-8(12)3-4-10(9)13/h3-4,6,11H,1,5,14H2,2H3. The first-order chi connectivity index (χ1) is 6.50. The van der Waals surface area contributed by atoms with Crippen molar-refractivity contribution in [1.29, 1.82) is 0 Å². The first-order valence-electron chi connectivity index (χ1n) is 4.35. The molecule has 0 spiro atoms. The Bertz CT molecular complexity index is 349. The van der Waals surface area contributed by atoms with E-state index in [1.807, 2.05) is 25.1 Å². The smallest absolute Gasteiger partial charge is 0.0410 e. The minimum Gasteiger partial charge on any atom is -0.324 e. The van der Waals surface area contributed by atoms with Crippen molar-refractivity contribution in [3.05, 3.63) is 44.5 Å². The van der Waals surface area contributed by atoms with Gasteiger partial charge in [0.05, 0.1) is 0 Å². The zero-order valence-corrected chi connectivity index (χ0v) is 11.0. The minimum absolute atomic E-state index is 0.00176. The van der Waals surface area contributed by atoms with Crippen LogP contribution in [-0.2, 0) is 0 Å². The van der Waals surface area contributed by atoms with Crippen LogP contribution in [0.25, 0.3) is 0 Å². The molecule has 0 aliphatic heterocycles. The van der Waals surface area contributed by atoms with Crippen molar-refractivity contribution in [3.63, 3.8) is 0 Å². The molecule has 76 valence electrons. The fourth-order valence-electron chi connectivity index (χ4n) is 1.28. The highest BCUT2D eigenvalue weighted by Gasteiger charge is 2.10. The van der Waals surface area contributed by atoms with Crippen LogP contribution < -0.4 is 5.73 Å². The summed E-state index contributed by atoms with van der Waals surface area (Å²) in [7, 11) is 0. The van der Waals surface area contributed by atoms with Gasteiger partial charge in [0.1, 0.15) is 0 Å². The van der Waals surface area contributed by atoms with Gasteiger partial charge in [0.25, 0.3) is 0 Å². The largest absolute Gasteiger partial charge is 0.324 e. The summed E-state index contributed by atoms with van der Waals surface area (Å²) in [4.78, 5) is 0. The van der Waals surface area contributed by atoms with Crippen molar-refractivity contribution in [2.24, 2.45) is 5.73 Å². The topological polar surface area (TPSA) is 26.0 Å². The molecule has 0 aliphatic rings. The molecule has 0 amide bonds. The molecule has 1 aromatic rings. The quantitative estimate of drug-likeness (QED) is 0.663. The Kier molecular flexibility index (Phi) is 4.41. The average molecular weight is 322 g/mol. The van der Waals surface area contributed by atoms with E-state index in [-0.39, 0.29) is 6.04 Å². The van der Waals surface area contributed by atoms with E-state index in [0.717, 1.165) is 26.2 Å². The van der Waals surface area contributed by atoms with E-state index in [2.05, 4.69) is 29.2 Å². The summed E-state index contributed by atoms with van der Waals surface area (Å²) in [6, 6.07) is 5.78. The highest BCUT2D eigenvalue weighted by Crippen LogP contribution is 2.25. The van der Waals surface area contributed by atoms with Gasteiger partial charge in [-0.05, 0) is 59.7 Å². The number of benzene rings is 1. The summed E-state index contributed by atoms with van der Waals surface area (Å²) in [5, 5.41) is 0.734. The fourth-order valence-corrected chi connectivity index (χ4v) is 2.20. The number of rotatable bonds is 3. The van der Waals surface area contributed by atoms with Crippen LogP contribution >= 0.6 is 34.2 Å². The monoisotopic (exact) mass is 321 g/mol. The van der Waals surface area contributed by atoms with Gasteiger partial charge in [-0.2, -0.15) is 0 Å². The van der Waals surface area contributed by atoms with Gasteiger partial charge < -0.3 is 5.73 Å². The molecule has 1 aromatic carbocycles. The summed E-state index contributed by atoms with van der Waals surface area (Å²) < 4.78 is 1.15. The molecule has 1 nitrogen and oxygen atoms in total. The van der Waals surface area contributed by atoms with Crippen LogP contribution in [0, 0.1) is 3.57 Å². The van der Waals surface area contributed by atoms with Crippen LogP contribution in [0.5, 0.6) is 0 Å². The van der Waals surface area contributed by atoms with Gasteiger partial charge in [0, 0.05) is 14.6 Å². The van der Waals surface area contributed by atoms with Gasteiger partial charge in [-0.3, -0.25) is 0 Å². The Labute approximate surface area is 103 Å². The lowest BCUT2D eigenvalue weighted by molar-refractivity contribution is 0.713. The lowest BCUT2D eigenvalue weighted by Gasteiger charge is -2.14. The second kappa shape index (κ2) is 5.14. The second-order valence-corrected chi connectivity index (χ2v) is 5.03. The molecule has 1 unspecified atom stereocenters. The highest BCUT2D eigenvalue weighted by molar-refractivity contribution is 14.1. The lowest BCUT2D eigenvalue weighted by atomic mass is 10.0. The van der Waals surface area contributed by atoms with Gasteiger partial charge in [0.15, 0.2) is 0 Å². The molecule has 0 saturated carbocycles. The summed E-state index contributed by atoms with van der Waals surface area (Å²) in [6.07, 6.45) is 0.802. The summed E-state index contributed by atoms with van der Waals surface area (Å²) in [5.74, 6) is 0. The molecule has 1 atom stereocenters. The van der Waals surface area contributed by atoms with Crippen molar-refractivity contribution < 1.29 is 0 Å². The van der Waals surface area contributed by atoms with Crippen LogP contribution in [0.3, 0.4) is 0 Å². The van der Waals surface area contributed by atoms with Crippen molar-refractivity contribution >= 4 is 34.2 Å². The molecule has 0 aromatic heterocycles. The van der Waals surface area contributed by atoms with Crippen LogP contribution in [0.15, 0.2) is 30.4 Å². The van der Waals surface area contributed by atoms with Crippen LogP contribution in [-0.4, -0.2) is 0 Å². The molecular formula is C11H13ClIN. The molecule has 2 N–H and O–H groups in total. The SMILES string of the molecule is C=C(C)CC(N)c1cc(Cl)ccc1I. The Hall–Kier alpha value is -0.0600. The zero-order valence-electron chi connectivity index (χ0n) is 8.06. The van der Waals surface area contributed by atoms with E-state index in [1.54, 1.807) is 0 Å². The zero-order chi connectivity index (χ0) is 10.7. The molecule has 3 heteroatoms. The van der Waals surface area contributed by atoms with E-state index >= 15 is 0 Å². The van der Waals surface area contributed by atoms with E-state index in [0.29, 0.717) is 0 Å². The Morgan fingerprint density at radius 2 is 2.29 bits per heavy atom. The predicted molar refractivity (Wildman–Crippen MR) is 70.5 cm³/mol.